The SMILES string of the molecule is CNC(=O)c1ccc(-c2ccc(SCCN)c(SO)c2-c2nn[nH]n2)cn1. The van der Waals surface area contributed by atoms with Crippen LogP contribution >= 0.6 is 23.8 Å². The van der Waals surface area contributed by atoms with Gasteiger partial charge in [-0.15, -0.1) is 22.0 Å². The fourth-order valence-electron chi connectivity index (χ4n) is 2.48. The Labute approximate surface area is 163 Å². The van der Waals surface area contributed by atoms with Gasteiger partial charge in [0.2, 0.25) is 5.82 Å². The number of tetrazole rings is 1. The van der Waals surface area contributed by atoms with Crippen molar-refractivity contribution in [3.05, 3.63) is 36.2 Å². The van der Waals surface area contributed by atoms with E-state index < -0.39 is 0 Å². The summed E-state index contributed by atoms with van der Waals surface area (Å²) in [5.74, 6) is 0.799. The van der Waals surface area contributed by atoms with Crippen molar-refractivity contribution in [3.8, 4) is 22.5 Å². The minimum Gasteiger partial charge on any atom is -0.354 e. The first-order chi connectivity index (χ1) is 13.2. The summed E-state index contributed by atoms with van der Waals surface area (Å²) in [6.45, 7) is 0.518. The molecule has 0 aliphatic carbocycles. The Kier molecular flexibility index (Phi) is 6.40. The molecule has 0 fully saturated rings. The van der Waals surface area contributed by atoms with Crippen LogP contribution in [0.25, 0.3) is 22.5 Å². The minimum absolute atomic E-state index is 0.264. The van der Waals surface area contributed by atoms with Crippen molar-refractivity contribution in [2.75, 3.05) is 19.3 Å². The number of nitrogens with two attached hydrogens (primary N) is 1. The van der Waals surface area contributed by atoms with E-state index in [2.05, 4.69) is 30.9 Å². The lowest BCUT2D eigenvalue weighted by Gasteiger charge is -2.14. The lowest BCUT2D eigenvalue weighted by Crippen LogP contribution is -2.18. The number of aromatic amines is 1. The maximum Gasteiger partial charge on any atom is 0.269 e. The third-order valence-corrected chi connectivity index (χ3v) is 5.52. The second-order valence-corrected chi connectivity index (χ2v) is 7.02. The van der Waals surface area contributed by atoms with Crippen LogP contribution in [0.4, 0.5) is 0 Å². The van der Waals surface area contributed by atoms with Crippen molar-refractivity contribution in [1.29, 1.82) is 0 Å². The van der Waals surface area contributed by atoms with Crippen LogP contribution < -0.4 is 11.1 Å². The number of aromatic nitrogens is 5. The molecule has 11 heteroatoms. The number of nitrogens with zero attached hydrogens (tertiary/aromatic N) is 4. The van der Waals surface area contributed by atoms with Gasteiger partial charge in [0.05, 0.1) is 4.90 Å². The largest absolute Gasteiger partial charge is 0.354 e. The molecule has 0 unspecified atom stereocenters. The third-order valence-electron chi connectivity index (χ3n) is 3.69. The van der Waals surface area contributed by atoms with Gasteiger partial charge in [0, 0.05) is 53.6 Å². The predicted octanol–water partition coefficient (Wildman–Crippen LogP) is 1.90. The highest BCUT2D eigenvalue weighted by atomic mass is 32.2. The van der Waals surface area contributed by atoms with E-state index in [1.54, 1.807) is 25.4 Å². The van der Waals surface area contributed by atoms with Crippen molar-refractivity contribution in [1.82, 2.24) is 30.9 Å². The van der Waals surface area contributed by atoms with Crippen LogP contribution in [0.5, 0.6) is 0 Å². The molecular formula is C16H17N7O2S2. The Morgan fingerprint density at radius 1 is 1.33 bits per heavy atom. The average Bonchev–Trinajstić information content (AvgIpc) is 3.25. The highest BCUT2D eigenvalue weighted by Gasteiger charge is 2.20. The molecule has 0 saturated heterocycles. The molecule has 0 aliphatic heterocycles. The number of H-pyrrole nitrogens is 1. The van der Waals surface area contributed by atoms with Crippen molar-refractivity contribution < 1.29 is 9.35 Å². The summed E-state index contributed by atoms with van der Waals surface area (Å²) in [4.78, 5) is 17.4. The Bertz CT molecular complexity index is 917. The van der Waals surface area contributed by atoms with E-state index in [-0.39, 0.29) is 5.91 Å². The lowest BCUT2D eigenvalue weighted by molar-refractivity contribution is 0.0958. The van der Waals surface area contributed by atoms with E-state index in [0.717, 1.165) is 16.0 Å². The number of carbonyl (C=O) groups excluding carboxylic acids is 1. The van der Waals surface area contributed by atoms with E-state index in [1.807, 2.05) is 12.1 Å². The summed E-state index contributed by atoms with van der Waals surface area (Å²) in [6, 6.07) is 7.23. The molecule has 3 aromatic rings. The summed E-state index contributed by atoms with van der Waals surface area (Å²) in [6.07, 6.45) is 1.60. The number of amides is 1. The molecule has 0 spiro atoms. The zero-order valence-electron chi connectivity index (χ0n) is 14.3. The van der Waals surface area contributed by atoms with Gasteiger partial charge in [-0.2, -0.15) is 5.21 Å². The van der Waals surface area contributed by atoms with Gasteiger partial charge in [-0.1, -0.05) is 12.1 Å². The van der Waals surface area contributed by atoms with Crippen LogP contribution in [0.1, 0.15) is 10.5 Å². The fraction of sp³-hybridized carbons (Fsp3) is 0.188. The van der Waals surface area contributed by atoms with Gasteiger partial charge in [-0.05, 0) is 22.9 Å². The van der Waals surface area contributed by atoms with Crippen molar-refractivity contribution in [2.24, 2.45) is 5.73 Å². The van der Waals surface area contributed by atoms with Gasteiger partial charge in [0.25, 0.3) is 5.91 Å². The summed E-state index contributed by atoms with van der Waals surface area (Å²) >= 11 is 2.16. The number of hydrogen-bond acceptors (Lipinski definition) is 9. The van der Waals surface area contributed by atoms with Gasteiger partial charge in [0.15, 0.2) is 0 Å². The molecule has 2 aromatic heterocycles. The summed E-state index contributed by atoms with van der Waals surface area (Å²) in [7, 11) is 1.55. The average molecular weight is 403 g/mol. The first kappa shape index (κ1) is 19.3. The zero-order valence-corrected chi connectivity index (χ0v) is 16.0. The maximum absolute atomic E-state index is 11.7. The highest BCUT2D eigenvalue weighted by Crippen LogP contribution is 2.42. The quantitative estimate of drug-likeness (QED) is 0.343. The highest BCUT2D eigenvalue weighted by molar-refractivity contribution is 8.00. The number of pyridine rings is 1. The molecule has 140 valence electrons. The van der Waals surface area contributed by atoms with Gasteiger partial charge < -0.3 is 15.6 Å². The van der Waals surface area contributed by atoms with E-state index >= 15 is 0 Å². The van der Waals surface area contributed by atoms with Crippen LogP contribution in [0, 0.1) is 0 Å². The van der Waals surface area contributed by atoms with Crippen molar-refractivity contribution >= 4 is 29.7 Å². The van der Waals surface area contributed by atoms with Gasteiger partial charge in [-0.3, -0.25) is 9.78 Å². The van der Waals surface area contributed by atoms with Gasteiger partial charge in [-0.25, -0.2) is 0 Å². The molecule has 1 aromatic carbocycles. The molecule has 0 radical (unpaired) electrons. The smallest absolute Gasteiger partial charge is 0.269 e. The molecule has 27 heavy (non-hydrogen) atoms. The van der Waals surface area contributed by atoms with E-state index in [1.165, 1.54) is 11.8 Å². The standard InChI is InChI=1S/C16H17N7O2S2/c1-18-16(24)11-4-2-9(8-19-11)10-3-5-12(26-7-6-17)14(27-25)13(10)15-20-22-23-21-15/h2-5,8,25H,6-7,17H2,1H3,(H,18,24)(H,20,21,22,23). The molecule has 0 bridgehead atoms. The van der Waals surface area contributed by atoms with E-state index in [0.29, 0.717) is 46.3 Å². The van der Waals surface area contributed by atoms with Crippen molar-refractivity contribution in [2.45, 2.75) is 9.79 Å². The second-order valence-electron chi connectivity index (χ2n) is 5.29. The molecule has 0 aliphatic rings. The number of thioether (sulfide) groups is 1. The second kappa shape index (κ2) is 8.95. The Morgan fingerprint density at radius 3 is 2.78 bits per heavy atom. The molecule has 3 rings (SSSR count). The first-order valence-corrected chi connectivity index (χ1v) is 9.69. The minimum atomic E-state index is -0.264. The van der Waals surface area contributed by atoms with Gasteiger partial charge in [0.1, 0.15) is 5.69 Å². The number of benzene rings is 1. The summed E-state index contributed by atoms with van der Waals surface area (Å²) in [5.41, 5.74) is 8.07. The number of carbonyl (C=O) groups is 1. The molecule has 5 N–H and O–H groups in total. The van der Waals surface area contributed by atoms with Crippen LogP contribution in [-0.2, 0) is 0 Å². The molecular weight excluding hydrogens is 386 g/mol. The normalized spacial score (nSPS) is 10.8. The fourth-order valence-corrected chi connectivity index (χ4v) is 3.96. The molecule has 0 atom stereocenters. The predicted molar refractivity (Wildman–Crippen MR) is 104 cm³/mol. The third kappa shape index (κ3) is 4.11. The maximum atomic E-state index is 11.7. The Morgan fingerprint density at radius 2 is 2.19 bits per heavy atom. The van der Waals surface area contributed by atoms with Crippen LogP contribution in [0.3, 0.4) is 0 Å². The van der Waals surface area contributed by atoms with Crippen LogP contribution in [-0.4, -0.2) is 55.4 Å². The van der Waals surface area contributed by atoms with Crippen LogP contribution in [0.2, 0.25) is 0 Å². The number of rotatable bonds is 7. The Hall–Kier alpha value is -2.47. The van der Waals surface area contributed by atoms with Crippen molar-refractivity contribution in [3.63, 3.8) is 0 Å². The molecule has 0 saturated carbocycles. The summed E-state index contributed by atoms with van der Waals surface area (Å²) < 4.78 is 9.93. The monoisotopic (exact) mass is 403 g/mol. The molecule has 1 amide bonds. The molecule has 2 heterocycles. The topological polar surface area (TPSA) is 143 Å². The van der Waals surface area contributed by atoms with Crippen LogP contribution in [0.15, 0.2) is 40.3 Å². The van der Waals surface area contributed by atoms with Gasteiger partial charge >= 0.3 is 0 Å². The summed E-state index contributed by atoms with van der Waals surface area (Å²) in [5, 5.41) is 16.7. The number of hydrogen-bond donors (Lipinski definition) is 4. The lowest BCUT2D eigenvalue weighted by atomic mass is 10.00. The Balaban J connectivity index is 2.13. The zero-order chi connectivity index (χ0) is 19.2. The molecule has 9 nitrogen and oxygen atoms in total. The first-order valence-electron chi connectivity index (χ1n) is 7.93. The number of nitrogens with one attached hydrogen (secondary N) is 2. The van der Waals surface area contributed by atoms with E-state index in [4.69, 9.17) is 5.73 Å². The van der Waals surface area contributed by atoms with E-state index in [9.17, 15) is 9.35 Å².